The molecule has 102 valence electrons. The van der Waals surface area contributed by atoms with Crippen molar-refractivity contribution in [1.29, 1.82) is 5.26 Å². The number of hydrogen-bond donors (Lipinski definition) is 0. The highest BCUT2D eigenvalue weighted by atomic mass is 16.5. The van der Waals surface area contributed by atoms with E-state index >= 15 is 0 Å². The Labute approximate surface area is 110 Å². The summed E-state index contributed by atoms with van der Waals surface area (Å²) in [5, 5.41) is 8.79. The summed E-state index contributed by atoms with van der Waals surface area (Å²) < 4.78 is 5.62. The van der Waals surface area contributed by atoms with Crippen molar-refractivity contribution in [2.24, 2.45) is 5.92 Å². The fraction of sp³-hybridized carbons (Fsp3) is 0.857. The summed E-state index contributed by atoms with van der Waals surface area (Å²) in [5.74, 6) is 0.0496. The van der Waals surface area contributed by atoms with E-state index in [1.54, 1.807) is 4.90 Å². The van der Waals surface area contributed by atoms with Gasteiger partial charge >= 0.3 is 0 Å². The molecular weight excluding hydrogens is 228 g/mol. The lowest BCUT2D eigenvalue weighted by Crippen LogP contribution is -2.35. The van der Waals surface area contributed by atoms with E-state index in [4.69, 9.17) is 10.00 Å². The minimum absolute atomic E-state index is 0.0974. The van der Waals surface area contributed by atoms with Crippen LogP contribution in [-0.2, 0) is 9.53 Å². The van der Waals surface area contributed by atoms with Crippen molar-refractivity contribution in [2.45, 2.75) is 52.1 Å². The van der Waals surface area contributed by atoms with Crippen molar-refractivity contribution >= 4 is 5.91 Å². The van der Waals surface area contributed by atoms with Crippen LogP contribution in [0.5, 0.6) is 0 Å². The maximum atomic E-state index is 12.0. The number of rotatable bonds is 6. The van der Waals surface area contributed by atoms with Crippen molar-refractivity contribution in [1.82, 2.24) is 4.90 Å². The predicted octanol–water partition coefficient (Wildman–Crippen LogP) is 2.34. The van der Waals surface area contributed by atoms with Crippen molar-refractivity contribution < 1.29 is 9.53 Å². The van der Waals surface area contributed by atoms with Crippen LogP contribution in [0.1, 0.15) is 46.0 Å². The molecule has 0 aromatic heterocycles. The van der Waals surface area contributed by atoms with E-state index in [-0.39, 0.29) is 17.9 Å². The minimum atomic E-state index is -0.0974. The molecule has 0 spiro atoms. The van der Waals surface area contributed by atoms with Crippen molar-refractivity contribution in [3.63, 3.8) is 0 Å². The molecule has 0 aliphatic carbocycles. The van der Waals surface area contributed by atoms with Crippen molar-refractivity contribution in [3.8, 4) is 6.07 Å². The SMILES string of the molecule is CCN(CC(C)C#N)C(=O)CCC1CCCCO1. The maximum absolute atomic E-state index is 12.0. The van der Waals surface area contributed by atoms with Crippen LogP contribution in [-0.4, -0.2) is 36.6 Å². The minimum Gasteiger partial charge on any atom is -0.378 e. The second-order valence-electron chi connectivity index (χ2n) is 4.99. The molecule has 0 bridgehead atoms. The van der Waals surface area contributed by atoms with Crippen LogP contribution in [0.2, 0.25) is 0 Å². The lowest BCUT2D eigenvalue weighted by atomic mass is 10.0. The molecule has 0 aromatic rings. The summed E-state index contributed by atoms with van der Waals surface area (Å²) in [6.45, 7) is 5.86. The Morgan fingerprint density at radius 3 is 2.89 bits per heavy atom. The van der Waals surface area contributed by atoms with E-state index < -0.39 is 0 Å². The molecule has 1 fully saturated rings. The number of carbonyl (C=O) groups is 1. The van der Waals surface area contributed by atoms with Gasteiger partial charge in [-0.15, -0.1) is 0 Å². The average molecular weight is 252 g/mol. The third-order valence-electron chi connectivity index (χ3n) is 3.40. The van der Waals surface area contributed by atoms with Crippen LogP contribution in [0.25, 0.3) is 0 Å². The summed E-state index contributed by atoms with van der Waals surface area (Å²) in [5.41, 5.74) is 0. The summed E-state index contributed by atoms with van der Waals surface area (Å²) in [7, 11) is 0. The van der Waals surface area contributed by atoms with Crippen LogP contribution in [0.4, 0.5) is 0 Å². The maximum Gasteiger partial charge on any atom is 0.222 e. The number of carbonyl (C=O) groups excluding carboxylic acids is 1. The van der Waals surface area contributed by atoms with Gasteiger partial charge in [-0.1, -0.05) is 0 Å². The molecular formula is C14H24N2O2. The molecule has 1 amide bonds. The zero-order chi connectivity index (χ0) is 13.4. The Balaban J connectivity index is 2.30. The highest BCUT2D eigenvalue weighted by molar-refractivity contribution is 5.76. The molecule has 2 unspecified atom stereocenters. The number of amides is 1. The van der Waals surface area contributed by atoms with Crippen molar-refractivity contribution in [2.75, 3.05) is 19.7 Å². The normalized spacial score (nSPS) is 21.1. The number of nitrogens with zero attached hydrogens (tertiary/aromatic N) is 2. The predicted molar refractivity (Wildman–Crippen MR) is 69.9 cm³/mol. The molecule has 0 aromatic carbocycles. The third kappa shape index (κ3) is 5.05. The fourth-order valence-corrected chi connectivity index (χ4v) is 2.26. The Morgan fingerprint density at radius 1 is 1.56 bits per heavy atom. The van der Waals surface area contributed by atoms with Gasteiger partial charge in [0.1, 0.15) is 0 Å². The van der Waals surface area contributed by atoms with E-state index in [1.165, 1.54) is 6.42 Å². The molecule has 2 atom stereocenters. The molecule has 1 saturated heterocycles. The van der Waals surface area contributed by atoms with E-state index in [9.17, 15) is 4.79 Å². The van der Waals surface area contributed by atoms with Gasteiger partial charge in [0.2, 0.25) is 5.91 Å². The third-order valence-corrected chi connectivity index (χ3v) is 3.40. The van der Waals surface area contributed by atoms with Gasteiger partial charge in [0.15, 0.2) is 0 Å². The zero-order valence-corrected chi connectivity index (χ0v) is 11.5. The molecule has 4 heteroatoms. The van der Waals surface area contributed by atoms with E-state index in [2.05, 4.69) is 6.07 Å². The first-order chi connectivity index (χ1) is 8.67. The lowest BCUT2D eigenvalue weighted by molar-refractivity contribution is -0.132. The smallest absolute Gasteiger partial charge is 0.222 e. The topological polar surface area (TPSA) is 53.3 Å². The standard InChI is InChI=1S/C14H24N2O2/c1-3-16(11-12(2)10-15)14(17)8-7-13-6-4-5-9-18-13/h12-13H,3-9,11H2,1-2H3. The van der Waals surface area contributed by atoms with Crippen molar-refractivity contribution in [3.05, 3.63) is 0 Å². The van der Waals surface area contributed by atoms with Crippen LogP contribution in [0.3, 0.4) is 0 Å². The Bertz CT molecular complexity index is 293. The molecule has 0 saturated carbocycles. The van der Waals surface area contributed by atoms with Gasteiger partial charge in [-0.25, -0.2) is 0 Å². The van der Waals surface area contributed by atoms with Crippen LogP contribution in [0, 0.1) is 17.2 Å². The van der Waals surface area contributed by atoms with Gasteiger partial charge in [-0.3, -0.25) is 4.79 Å². The van der Waals surface area contributed by atoms with Gasteiger partial charge in [0.25, 0.3) is 0 Å². The van der Waals surface area contributed by atoms with Gasteiger partial charge in [0, 0.05) is 26.1 Å². The second kappa shape index (κ2) is 8.10. The number of nitriles is 1. The lowest BCUT2D eigenvalue weighted by Gasteiger charge is -2.25. The molecule has 1 aliphatic rings. The quantitative estimate of drug-likeness (QED) is 0.729. The zero-order valence-electron chi connectivity index (χ0n) is 11.5. The van der Waals surface area contributed by atoms with E-state index in [0.717, 1.165) is 25.9 Å². The average Bonchev–Trinajstić information content (AvgIpc) is 2.42. The molecule has 4 nitrogen and oxygen atoms in total. The van der Waals surface area contributed by atoms with E-state index in [0.29, 0.717) is 19.5 Å². The summed E-state index contributed by atoms with van der Waals surface area (Å²) in [6, 6.07) is 2.17. The molecule has 1 aliphatic heterocycles. The Morgan fingerprint density at radius 2 is 2.33 bits per heavy atom. The van der Waals surface area contributed by atoms with Crippen LogP contribution in [0.15, 0.2) is 0 Å². The summed E-state index contributed by atoms with van der Waals surface area (Å²) >= 11 is 0. The Kier molecular flexibility index (Phi) is 6.74. The first-order valence-corrected chi connectivity index (χ1v) is 6.96. The Hall–Kier alpha value is -1.08. The number of hydrogen-bond acceptors (Lipinski definition) is 3. The molecule has 0 radical (unpaired) electrons. The summed E-state index contributed by atoms with van der Waals surface area (Å²) in [4.78, 5) is 13.8. The monoisotopic (exact) mass is 252 g/mol. The highest BCUT2D eigenvalue weighted by Crippen LogP contribution is 2.17. The first kappa shape index (κ1) is 15.0. The van der Waals surface area contributed by atoms with Gasteiger partial charge in [-0.2, -0.15) is 5.26 Å². The van der Waals surface area contributed by atoms with E-state index in [1.807, 2.05) is 13.8 Å². The largest absolute Gasteiger partial charge is 0.378 e. The fourth-order valence-electron chi connectivity index (χ4n) is 2.26. The number of ether oxygens (including phenoxy) is 1. The molecule has 1 heterocycles. The van der Waals surface area contributed by atoms with Gasteiger partial charge < -0.3 is 9.64 Å². The second-order valence-corrected chi connectivity index (χ2v) is 4.99. The van der Waals surface area contributed by atoms with Gasteiger partial charge in [0.05, 0.1) is 18.1 Å². The summed E-state index contributed by atoms with van der Waals surface area (Å²) in [6.07, 6.45) is 5.04. The first-order valence-electron chi connectivity index (χ1n) is 6.96. The van der Waals surface area contributed by atoms with Crippen LogP contribution >= 0.6 is 0 Å². The molecule has 1 rings (SSSR count). The molecule has 0 N–H and O–H groups in total. The molecule has 18 heavy (non-hydrogen) atoms. The van der Waals surface area contributed by atoms with Gasteiger partial charge in [-0.05, 0) is 39.5 Å². The highest BCUT2D eigenvalue weighted by Gasteiger charge is 2.18. The van der Waals surface area contributed by atoms with Crippen LogP contribution < -0.4 is 0 Å².